The van der Waals surface area contributed by atoms with Crippen LogP contribution in [-0.4, -0.2) is 16.3 Å². The molecule has 20 heavy (non-hydrogen) atoms. The van der Waals surface area contributed by atoms with Crippen molar-refractivity contribution < 1.29 is 0 Å². The summed E-state index contributed by atoms with van der Waals surface area (Å²) in [4.78, 5) is 0. The first-order valence-electron chi connectivity index (χ1n) is 7.07. The highest BCUT2D eigenvalue weighted by molar-refractivity contribution is 6.30. The molecule has 1 heterocycles. The molecule has 3 nitrogen and oxygen atoms in total. The second-order valence-corrected chi connectivity index (χ2v) is 5.67. The Hall–Kier alpha value is -1.32. The number of aromatic nitrogens is 2. The van der Waals surface area contributed by atoms with Crippen molar-refractivity contribution in [2.75, 3.05) is 6.54 Å². The van der Waals surface area contributed by atoms with Gasteiger partial charge in [-0.1, -0.05) is 24.6 Å². The summed E-state index contributed by atoms with van der Waals surface area (Å²) in [6, 6.07) is 6.38. The molecule has 0 bridgehead atoms. The molecule has 2 aromatic rings. The Morgan fingerprint density at radius 2 is 2.20 bits per heavy atom. The molecule has 4 heteroatoms. The van der Waals surface area contributed by atoms with Crippen LogP contribution in [0.5, 0.6) is 0 Å². The molecule has 1 atom stereocenters. The first-order chi connectivity index (χ1) is 9.60. The lowest BCUT2D eigenvalue weighted by atomic mass is 9.96. The highest BCUT2D eigenvalue weighted by atomic mass is 35.5. The van der Waals surface area contributed by atoms with E-state index in [1.165, 1.54) is 16.7 Å². The summed E-state index contributed by atoms with van der Waals surface area (Å²) >= 11 is 6.16. The summed E-state index contributed by atoms with van der Waals surface area (Å²) in [5, 5.41) is 8.65. The number of aryl methyl sites for hydroxylation is 2. The first-order valence-corrected chi connectivity index (χ1v) is 7.45. The number of hydrogen-bond donors (Lipinski definition) is 1. The smallest absolute Gasteiger partial charge is 0.0522 e. The zero-order valence-electron chi connectivity index (χ0n) is 12.4. The molecule has 2 rings (SSSR count). The van der Waals surface area contributed by atoms with E-state index in [9.17, 15) is 0 Å². The molecule has 0 amide bonds. The van der Waals surface area contributed by atoms with Crippen LogP contribution in [0.1, 0.15) is 36.1 Å². The molecule has 1 unspecified atom stereocenters. The predicted octanol–water partition coefficient (Wildman–Crippen LogP) is 3.67. The van der Waals surface area contributed by atoms with E-state index in [-0.39, 0.29) is 6.04 Å². The van der Waals surface area contributed by atoms with E-state index in [0.717, 1.165) is 24.4 Å². The largest absolute Gasteiger partial charge is 0.310 e. The van der Waals surface area contributed by atoms with E-state index in [0.29, 0.717) is 0 Å². The molecule has 0 saturated carbocycles. The molecule has 108 valence electrons. The van der Waals surface area contributed by atoms with Crippen LogP contribution in [0.15, 0.2) is 30.6 Å². The Labute approximate surface area is 126 Å². The fourth-order valence-electron chi connectivity index (χ4n) is 2.41. The van der Waals surface area contributed by atoms with Gasteiger partial charge in [0.2, 0.25) is 0 Å². The average Bonchev–Trinajstić information content (AvgIpc) is 2.83. The van der Waals surface area contributed by atoms with Crippen molar-refractivity contribution >= 4 is 11.6 Å². The van der Waals surface area contributed by atoms with E-state index in [2.05, 4.69) is 42.6 Å². The Morgan fingerprint density at radius 1 is 1.40 bits per heavy atom. The molecule has 0 aliphatic heterocycles. The summed E-state index contributed by atoms with van der Waals surface area (Å²) in [5.41, 5.74) is 3.78. The number of rotatable bonds is 6. The maximum absolute atomic E-state index is 6.16. The Kier molecular flexibility index (Phi) is 5.21. The van der Waals surface area contributed by atoms with Crippen molar-refractivity contribution in [3.05, 3.63) is 52.3 Å². The van der Waals surface area contributed by atoms with Gasteiger partial charge in [0.25, 0.3) is 0 Å². The monoisotopic (exact) mass is 291 g/mol. The quantitative estimate of drug-likeness (QED) is 0.880. The Balaban J connectivity index is 2.24. The summed E-state index contributed by atoms with van der Waals surface area (Å²) < 4.78 is 1.84. The van der Waals surface area contributed by atoms with Gasteiger partial charge in [-0.2, -0.15) is 5.10 Å². The first kappa shape index (κ1) is 15.1. The van der Waals surface area contributed by atoms with Gasteiger partial charge >= 0.3 is 0 Å². The zero-order chi connectivity index (χ0) is 14.5. The van der Waals surface area contributed by atoms with Crippen molar-refractivity contribution in [1.82, 2.24) is 15.1 Å². The van der Waals surface area contributed by atoms with Crippen molar-refractivity contribution in [2.45, 2.75) is 32.7 Å². The van der Waals surface area contributed by atoms with E-state index >= 15 is 0 Å². The molecule has 0 aliphatic carbocycles. The van der Waals surface area contributed by atoms with Gasteiger partial charge in [-0.15, -0.1) is 0 Å². The lowest BCUT2D eigenvalue weighted by molar-refractivity contribution is 0.527. The minimum Gasteiger partial charge on any atom is -0.310 e. The van der Waals surface area contributed by atoms with Gasteiger partial charge in [-0.3, -0.25) is 4.68 Å². The second-order valence-electron chi connectivity index (χ2n) is 5.23. The number of nitrogens with one attached hydrogen (secondary N) is 1. The minimum absolute atomic E-state index is 0.276. The molecular weight excluding hydrogens is 270 g/mol. The maximum Gasteiger partial charge on any atom is 0.0522 e. The summed E-state index contributed by atoms with van der Waals surface area (Å²) in [7, 11) is 1.95. The minimum atomic E-state index is 0.276. The van der Waals surface area contributed by atoms with Crippen LogP contribution in [0.3, 0.4) is 0 Å². The predicted molar refractivity (Wildman–Crippen MR) is 84.1 cm³/mol. The number of nitrogens with zero attached hydrogens (tertiary/aromatic N) is 2. The van der Waals surface area contributed by atoms with Gasteiger partial charge in [0.15, 0.2) is 0 Å². The van der Waals surface area contributed by atoms with E-state index in [4.69, 9.17) is 11.6 Å². The van der Waals surface area contributed by atoms with Crippen molar-refractivity contribution in [1.29, 1.82) is 0 Å². The molecule has 0 radical (unpaired) electrons. The van der Waals surface area contributed by atoms with Gasteiger partial charge in [0.05, 0.1) is 6.20 Å². The lowest BCUT2D eigenvalue weighted by Gasteiger charge is -2.20. The Bertz CT molecular complexity index is 563. The van der Waals surface area contributed by atoms with Crippen molar-refractivity contribution in [2.24, 2.45) is 7.05 Å². The fraction of sp³-hybridized carbons (Fsp3) is 0.438. The summed E-state index contributed by atoms with van der Waals surface area (Å²) in [6.07, 6.45) is 6.04. The maximum atomic E-state index is 6.16. The van der Waals surface area contributed by atoms with Gasteiger partial charge in [-0.05, 0) is 55.1 Å². The number of hydrogen-bond acceptors (Lipinski definition) is 2. The molecule has 0 fully saturated rings. The standard InChI is InChI=1S/C16H22ClN3/c1-4-7-18-16(8-13-10-19-20(3)11-13)15-9-14(17)6-5-12(15)2/h5-6,9-11,16,18H,4,7-8H2,1-3H3. The van der Waals surface area contributed by atoms with Crippen LogP contribution in [0.25, 0.3) is 0 Å². The topological polar surface area (TPSA) is 29.9 Å². The number of benzene rings is 1. The summed E-state index contributed by atoms with van der Waals surface area (Å²) in [5.74, 6) is 0. The normalized spacial score (nSPS) is 12.6. The van der Waals surface area contributed by atoms with E-state index < -0.39 is 0 Å². The fourth-order valence-corrected chi connectivity index (χ4v) is 2.59. The summed E-state index contributed by atoms with van der Waals surface area (Å²) in [6.45, 7) is 5.31. The van der Waals surface area contributed by atoms with Crippen LogP contribution in [0.4, 0.5) is 0 Å². The molecule has 0 aliphatic rings. The molecule has 1 N–H and O–H groups in total. The van der Waals surface area contributed by atoms with E-state index in [1.54, 1.807) is 0 Å². The molecular formula is C16H22ClN3. The molecule has 1 aromatic carbocycles. The van der Waals surface area contributed by atoms with Crippen molar-refractivity contribution in [3.8, 4) is 0 Å². The highest BCUT2D eigenvalue weighted by Gasteiger charge is 2.15. The van der Waals surface area contributed by atoms with Gasteiger partial charge < -0.3 is 5.32 Å². The average molecular weight is 292 g/mol. The van der Waals surface area contributed by atoms with Crippen LogP contribution >= 0.6 is 11.6 Å². The van der Waals surface area contributed by atoms with Crippen molar-refractivity contribution in [3.63, 3.8) is 0 Å². The molecule has 1 aromatic heterocycles. The van der Waals surface area contributed by atoms with Crippen LogP contribution in [0, 0.1) is 6.92 Å². The van der Waals surface area contributed by atoms with Crippen LogP contribution < -0.4 is 5.32 Å². The third kappa shape index (κ3) is 3.84. The number of halogens is 1. The lowest BCUT2D eigenvalue weighted by Crippen LogP contribution is -2.24. The third-order valence-electron chi connectivity index (χ3n) is 3.46. The zero-order valence-corrected chi connectivity index (χ0v) is 13.1. The van der Waals surface area contributed by atoms with Gasteiger partial charge in [0, 0.05) is 24.3 Å². The third-order valence-corrected chi connectivity index (χ3v) is 3.69. The highest BCUT2D eigenvalue weighted by Crippen LogP contribution is 2.25. The Morgan fingerprint density at radius 3 is 2.85 bits per heavy atom. The second kappa shape index (κ2) is 6.91. The SMILES string of the molecule is CCCNC(Cc1cnn(C)c1)c1cc(Cl)ccc1C. The van der Waals surface area contributed by atoms with E-state index in [1.807, 2.05) is 24.0 Å². The van der Waals surface area contributed by atoms with Gasteiger partial charge in [0.1, 0.15) is 0 Å². The van der Waals surface area contributed by atoms with Crippen LogP contribution in [0.2, 0.25) is 5.02 Å². The van der Waals surface area contributed by atoms with Gasteiger partial charge in [-0.25, -0.2) is 0 Å². The van der Waals surface area contributed by atoms with Crippen LogP contribution in [-0.2, 0) is 13.5 Å². The molecule has 0 spiro atoms. The molecule has 0 saturated heterocycles.